The SMILES string of the molecule is CCC1(C)NC(=O)N(CCCNC(=NC)NCC(C)Cc2cccs2)C1=O. The van der Waals surface area contributed by atoms with Crippen LogP contribution in [0.3, 0.4) is 0 Å². The number of rotatable bonds is 9. The monoisotopic (exact) mass is 393 g/mol. The van der Waals surface area contributed by atoms with Gasteiger partial charge in [-0.15, -0.1) is 11.3 Å². The van der Waals surface area contributed by atoms with Gasteiger partial charge in [0.05, 0.1) is 0 Å². The van der Waals surface area contributed by atoms with Gasteiger partial charge < -0.3 is 16.0 Å². The number of amides is 3. The molecule has 2 unspecified atom stereocenters. The van der Waals surface area contributed by atoms with E-state index in [2.05, 4.69) is 45.4 Å². The molecular weight excluding hydrogens is 362 g/mol. The Morgan fingerprint density at radius 1 is 1.41 bits per heavy atom. The Bertz CT molecular complexity index is 661. The van der Waals surface area contributed by atoms with E-state index in [-0.39, 0.29) is 11.9 Å². The summed E-state index contributed by atoms with van der Waals surface area (Å²) >= 11 is 1.78. The van der Waals surface area contributed by atoms with E-state index in [9.17, 15) is 9.59 Å². The molecule has 0 bridgehead atoms. The molecule has 7 nitrogen and oxygen atoms in total. The molecule has 1 saturated heterocycles. The number of carbonyl (C=O) groups excluding carboxylic acids is 2. The fourth-order valence-corrected chi connectivity index (χ4v) is 3.84. The van der Waals surface area contributed by atoms with Crippen molar-refractivity contribution in [2.75, 3.05) is 26.7 Å². The summed E-state index contributed by atoms with van der Waals surface area (Å²) in [4.78, 5) is 31.3. The van der Waals surface area contributed by atoms with Crippen LogP contribution < -0.4 is 16.0 Å². The van der Waals surface area contributed by atoms with Crippen LogP contribution in [-0.2, 0) is 11.2 Å². The Balaban J connectivity index is 1.68. The number of nitrogens with zero attached hydrogens (tertiary/aromatic N) is 2. The van der Waals surface area contributed by atoms with E-state index in [0.29, 0.717) is 31.8 Å². The molecule has 2 rings (SSSR count). The number of aliphatic imine (C=N–C) groups is 1. The van der Waals surface area contributed by atoms with Gasteiger partial charge in [-0.2, -0.15) is 0 Å². The zero-order valence-electron chi connectivity index (χ0n) is 16.7. The molecule has 1 aromatic rings. The molecule has 1 aromatic heterocycles. The number of thiophene rings is 1. The molecule has 3 amide bonds. The number of hydrogen-bond donors (Lipinski definition) is 3. The first-order chi connectivity index (χ1) is 12.9. The van der Waals surface area contributed by atoms with Crippen molar-refractivity contribution >= 4 is 29.2 Å². The predicted molar refractivity (Wildman–Crippen MR) is 110 cm³/mol. The highest BCUT2D eigenvalue weighted by Crippen LogP contribution is 2.20. The number of urea groups is 1. The number of guanidine groups is 1. The maximum atomic E-state index is 12.3. The highest BCUT2D eigenvalue weighted by Gasteiger charge is 2.45. The van der Waals surface area contributed by atoms with Crippen LogP contribution in [0.25, 0.3) is 0 Å². The molecule has 0 saturated carbocycles. The minimum Gasteiger partial charge on any atom is -0.356 e. The summed E-state index contributed by atoms with van der Waals surface area (Å²) in [6, 6.07) is 3.94. The van der Waals surface area contributed by atoms with Crippen LogP contribution in [0.2, 0.25) is 0 Å². The standard InChI is InChI=1S/C19H31N5O2S/c1-5-19(3)16(25)24(18(26)23-19)10-7-9-21-17(20-4)22-13-14(2)12-15-8-6-11-27-15/h6,8,11,14H,5,7,9-10,12-13H2,1-4H3,(H,23,26)(H2,20,21,22). The Labute approximate surface area is 165 Å². The summed E-state index contributed by atoms with van der Waals surface area (Å²) in [7, 11) is 1.74. The highest BCUT2D eigenvalue weighted by atomic mass is 32.1. The second-order valence-corrected chi connectivity index (χ2v) is 8.23. The second-order valence-electron chi connectivity index (χ2n) is 7.19. The highest BCUT2D eigenvalue weighted by molar-refractivity contribution is 7.09. The smallest absolute Gasteiger partial charge is 0.325 e. The molecule has 0 aromatic carbocycles. The Kier molecular flexibility index (Phi) is 7.65. The third-order valence-corrected chi connectivity index (χ3v) is 5.77. The molecule has 1 aliphatic rings. The van der Waals surface area contributed by atoms with Crippen LogP contribution >= 0.6 is 11.3 Å². The minimum absolute atomic E-state index is 0.139. The molecule has 150 valence electrons. The van der Waals surface area contributed by atoms with Crippen molar-refractivity contribution in [1.82, 2.24) is 20.9 Å². The van der Waals surface area contributed by atoms with Gasteiger partial charge >= 0.3 is 6.03 Å². The van der Waals surface area contributed by atoms with E-state index in [1.54, 1.807) is 25.3 Å². The molecular formula is C19H31N5O2S. The Hall–Kier alpha value is -2.09. The van der Waals surface area contributed by atoms with Crippen molar-refractivity contribution in [2.45, 2.75) is 45.6 Å². The third kappa shape index (κ3) is 5.69. The van der Waals surface area contributed by atoms with Crippen molar-refractivity contribution in [3.8, 4) is 0 Å². The normalized spacial score (nSPS) is 21.3. The van der Waals surface area contributed by atoms with Crippen LogP contribution in [0.15, 0.2) is 22.5 Å². The number of imide groups is 1. The summed E-state index contributed by atoms with van der Waals surface area (Å²) in [5.74, 6) is 1.10. The quantitative estimate of drug-likeness (QED) is 0.260. The van der Waals surface area contributed by atoms with E-state index in [4.69, 9.17) is 0 Å². The molecule has 8 heteroatoms. The lowest BCUT2D eigenvalue weighted by Crippen LogP contribution is -2.43. The molecule has 0 aliphatic carbocycles. The molecule has 2 heterocycles. The van der Waals surface area contributed by atoms with Crippen molar-refractivity contribution in [1.29, 1.82) is 0 Å². The van der Waals surface area contributed by atoms with Crippen LogP contribution in [0.1, 0.15) is 38.5 Å². The maximum absolute atomic E-state index is 12.3. The van der Waals surface area contributed by atoms with Gasteiger partial charge in [0.1, 0.15) is 5.54 Å². The van der Waals surface area contributed by atoms with E-state index in [1.165, 1.54) is 9.78 Å². The Morgan fingerprint density at radius 3 is 2.78 bits per heavy atom. The van der Waals surface area contributed by atoms with Crippen LogP contribution in [0.5, 0.6) is 0 Å². The van der Waals surface area contributed by atoms with E-state index >= 15 is 0 Å². The van der Waals surface area contributed by atoms with Gasteiger partial charge in [0.25, 0.3) is 5.91 Å². The first kappa shape index (κ1) is 21.2. The topological polar surface area (TPSA) is 85.8 Å². The average molecular weight is 394 g/mol. The average Bonchev–Trinajstić information content (AvgIpc) is 3.22. The lowest BCUT2D eigenvalue weighted by Gasteiger charge is -2.19. The van der Waals surface area contributed by atoms with E-state index < -0.39 is 5.54 Å². The zero-order chi connectivity index (χ0) is 19.9. The molecule has 0 radical (unpaired) electrons. The lowest BCUT2D eigenvalue weighted by molar-refractivity contribution is -0.130. The fourth-order valence-electron chi connectivity index (χ4n) is 2.97. The Morgan fingerprint density at radius 2 is 2.19 bits per heavy atom. The fraction of sp³-hybridized carbons (Fsp3) is 0.632. The minimum atomic E-state index is -0.763. The lowest BCUT2D eigenvalue weighted by atomic mass is 9.99. The van der Waals surface area contributed by atoms with Gasteiger partial charge in [-0.05, 0) is 43.6 Å². The summed E-state index contributed by atoms with van der Waals surface area (Å²) < 4.78 is 0. The van der Waals surface area contributed by atoms with Gasteiger partial charge in [-0.3, -0.25) is 14.7 Å². The third-order valence-electron chi connectivity index (χ3n) is 4.87. The largest absolute Gasteiger partial charge is 0.356 e. The summed E-state index contributed by atoms with van der Waals surface area (Å²) in [6.45, 7) is 7.76. The van der Waals surface area contributed by atoms with Crippen molar-refractivity contribution in [3.63, 3.8) is 0 Å². The predicted octanol–water partition coefficient (Wildman–Crippen LogP) is 2.20. The summed E-state index contributed by atoms with van der Waals surface area (Å²) in [6.07, 6.45) is 2.31. The van der Waals surface area contributed by atoms with Gasteiger partial charge in [0, 0.05) is 31.6 Å². The van der Waals surface area contributed by atoms with Crippen LogP contribution in [0.4, 0.5) is 4.79 Å². The maximum Gasteiger partial charge on any atom is 0.325 e. The summed E-state index contributed by atoms with van der Waals surface area (Å²) in [5.41, 5.74) is -0.763. The first-order valence-corrected chi connectivity index (χ1v) is 10.4. The molecule has 2 atom stereocenters. The number of nitrogens with one attached hydrogen (secondary N) is 3. The van der Waals surface area contributed by atoms with Gasteiger partial charge in [-0.25, -0.2) is 4.79 Å². The van der Waals surface area contributed by atoms with Gasteiger partial charge in [-0.1, -0.05) is 19.9 Å². The molecule has 0 spiro atoms. The zero-order valence-corrected chi connectivity index (χ0v) is 17.5. The molecule has 1 fully saturated rings. The van der Waals surface area contributed by atoms with Crippen molar-refractivity contribution in [2.24, 2.45) is 10.9 Å². The molecule has 27 heavy (non-hydrogen) atoms. The van der Waals surface area contributed by atoms with Crippen molar-refractivity contribution in [3.05, 3.63) is 22.4 Å². The van der Waals surface area contributed by atoms with Crippen molar-refractivity contribution < 1.29 is 9.59 Å². The van der Waals surface area contributed by atoms with Crippen LogP contribution in [0, 0.1) is 5.92 Å². The van der Waals surface area contributed by atoms with Crippen LogP contribution in [-0.4, -0.2) is 55.0 Å². The van der Waals surface area contributed by atoms with Gasteiger partial charge in [0.2, 0.25) is 0 Å². The molecule has 3 N–H and O–H groups in total. The molecule has 1 aliphatic heterocycles. The number of carbonyl (C=O) groups is 2. The van der Waals surface area contributed by atoms with E-state index in [1.807, 2.05) is 6.92 Å². The second kappa shape index (κ2) is 9.73. The van der Waals surface area contributed by atoms with E-state index in [0.717, 1.165) is 18.9 Å². The van der Waals surface area contributed by atoms with Gasteiger partial charge in [0.15, 0.2) is 5.96 Å². The summed E-state index contributed by atoms with van der Waals surface area (Å²) in [5, 5.41) is 11.5. The number of hydrogen-bond acceptors (Lipinski definition) is 4. The first-order valence-electron chi connectivity index (χ1n) is 9.50.